The summed E-state index contributed by atoms with van der Waals surface area (Å²) in [7, 11) is 0. The molecule has 1 atom stereocenters. The summed E-state index contributed by atoms with van der Waals surface area (Å²) in [4.78, 5) is 2.52. The van der Waals surface area contributed by atoms with E-state index in [1.807, 2.05) is 0 Å². The molecule has 19 heavy (non-hydrogen) atoms. The number of hydrogen-bond acceptors (Lipinski definition) is 3. The third-order valence-corrected chi connectivity index (χ3v) is 4.84. The molecular weight excluding hydrogens is 234 g/mol. The highest BCUT2D eigenvalue weighted by Crippen LogP contribution is 2.40. The van der Waals surface area contributed by atoms with Crippen molar-refractivity contribution in [3.8, 4) is 6.07 Å². The van der Waals surface area contributed by atoms with Gasteiger partial charge in [0, 0.05) is 6.54 Å². The number of piperidine rings is 1. The van der Waals surface area contributed by atoms with Crippen molar-refractivity contribution in [2.45, 2.75) is 57.9 Å². The Kier molecular flexibility index (Phi) is 5.24. The summed E-state index contributed by atoms with van der Waals surface area (Å²) >= 11 is 0. The highest BCUT2D eigenvalue weighted by atomic mass is 15.2. The van der Waals surface area contributed by atoms with Gasteiger partial charge in [-0.15, -0.1) is 0 Å². The molecule has 1 aliphatic carbocycles. The van der Waals surface area contributed by atoms with Crippen LogP contribution >= 0.6 is 0 Å². The lowest BCUT2D eigenvalue weighted by Crippen LogP contribution is -2.55. The maximum atomic E-state index is 9.65. The highest BCUT2D eigenvalue weighted by molar-refractivity contribution is 5.16. The van der Waals surface area contributed by atoms with Crippen molar-refractivity contribution in [2.75, 3.05) is 26.2 Å². The molecule has 3 heteroatoms. The molecule has 2 fully saturated rings. The van der Waals surface area contributed by atoms with Gasteiger partial charge in [-0.05, 0) is 57.2 Å². The van der Waals surface area contributed by atoms with Gasteiger partial charge in [0.1, 0.15) is 5.54 Å². The molecule has 0 aromatic rings. The number of nitriles is 1. The predicted molar refractivity (Wildman–Crippen MR) is 78.8 cm³/mol. The Morgan fingerprint density at radius 1 is 1.21 bits per heavy atom. The zero-order valence-corrected chi connectivity index (χ0v) is 12.6. The second kappa shape index (κ2) is 6.72. The lowest BCUT2D eigenvalue weighted by atomic mass is 9.89. The largest absolute Gasteiger partial charge is 0.300 e. The molecule has 1 unspecified atom stereocenters. The third kappa shape index (κ3) is 3.70. The number of rotatable bonds is 7. The topological polar surface area (TPSA) is 39.1 Å². The Morgan fingerprint density at radius 2 is 1.89 bits per heavy atom. The van der Waals surface area contributed by atoms with E-state index in [1.54, 1.807) is 0 Å². The molecule has 3 nitrogen and oxygen atoms in total. The fourth-order valence-corrected chi connectivity index (χ4v) is 3.58. The van der Waals surface area contributed by atoms with E-state index in [2.05, 4.69) is 30.1 Å². The van der Waals surface area contributed by atoms with Crippen molar-refractivity contribution >= 4 is 0 Å². The van der Waals surface area contributed by atoms with Gasteiger partial charge in [-0.3, -0.25) is 5.32 Å². The number of nitrogens with one attached hydrogen (secondary N) is 1. The molecule has 0 bridgehead atoms. The first-order chi connectivity index (χ1) is 9.24. The number of hydrogen-bond donors (Lipinski definition) is 1. The zero-order valence-electron chi connectivity index (χ0n) is 12.6. The summed E-state index contributed by atoms with van der Waals surface area (Å²) in [6.07, 6.45) is 7.80. The Labute approximate surface area is 118 Å². The zero-order chi connectivity index (χ0) is 13.7. The first kappa shape index (κ1) is 14.8. The van der Waals surface area contributed by atoms with Crippen LogP contribution in [0.25, 0.3) is 0 Å². The van der Waals surface area contributed by atoms with Crippen LogP contribution in [0.5, 0.6) is 0 Å². The molecule has 108 valence electrons. The van der Waals surface area contributed by atoms with Crippen LogP contribution < -0.4 is 5.32 Å². The Hall–Kier alpha value is -0.590. The Morgan fingerprint density at radius 3 is 2.37 bits per heavy atom. The number of likely N-dealkylation sites (tertiary alicyclic amines) is 1. The summed E-state index contributed by atoms with van der Waals surface area (Å²) in [5.74, 6) is 1.52. The van der Waals surface area contributed by atoms with Gasteiger partial charge in [0.2, 0.25) is 0 Å². The summed E-state index contributed by atoms with van der Waals surface area (Å²) in [5.41, 5.74) is -0.271. The summed E-state index contributed by atoms with van der Waals surface area (Å²) in [5, 5.41) is 13.1. The average Bonchev–Trinajstić information content (AvgIpc) is 3.25. The molecule has 1 saturated carbocycles. The standard InChI is InChI=1S/C16H29N3/c1-3-5-14-8-10-19(11-9-14)13-16(12-17,18-4-2)15-6-7-15/h14-15,18H,3-11,13H2,1-2H3. The van der Waals surface area contributed by atoms with Gasteiger partial charge in [0.05, 0.1) is 6.07 Å². The van der Waals surface area contributed by atoms with Crippen molar-refractivity contribution < 1.29 is 0 Å². The quantitative estimate of drug-likeness (QED) is 0.767. The SMILES string of the molecule is CCCC1CCN(CC(C#N)(NCC)C2CC2)CC1. The van der Waals surface area contributed by atoms with E-state index >= 15 is 0 Å². The summed E-state index contributed by atoms with van der Waals surface area (Å²) < 4.78 is 0. The predicted octanol–water partition coefficient (Wildman–Crippen LogP) is 2.78. The van der Waals surface area contributed by atoms with Crippen LogP contribution in [0.2, 0.25) is 0 Å². The van der Waals surface area contributed by atoms with Crippen LogP contribution in [-0.4, -0.2) is 36.6 Å². The molecule has 2 aliphatic rings. The molecule has 0 aromatic carbocycles. The molecule has 0 spiro atoms. The van der Waals surface area contributed by atoms with E-state index in [0.29, 0.717) is 5.92 Å². The maximum Gasteiger partial charge on any atom is 0.122 e. The van der Waals surface area contributed by atoms with Crippen LogP contribution in [0.1, 0.15) is 52.4 Å². The van der Waals surface area contributed by atoms with Crippen LogP contribution in [0.3, 0.4) is 0 Å². The molecule has 1 heterocycles. The minimum absolute atomic E-state index is 0.271. The Balaban J connectivity index is 1.87. The molecule has 2 rings (SSSR count). The van der Waals surface area contributed by atoms with Crippen molar-refractivity contribution in [1.82, 2.24) is 10.2 Å². The van der Waals surface area contributed by atoms with E-state index in [0.717, 1.165) is 19.0 Å². The molecule has 1 N–H and O–H groups in total. The fourth-order valence-electron chi connectivity index (χ4n) is 3.58. The first-order valence-corrected chi connectivity index (χ1v) is 8.12. The lowest BCUT2D eigenvalue weighted by Gasteiger charge is -2.38. The van der Waals surface area contributed by atoms with Gasteiger partial charge in [0.25, 0.3) is 0 Å². The van der Waals surface area contributed by atoms with Crippen molar-refractivity contribution in [3.05, 3.63) is 0 Å². The first-order valence-electron chi connectivity index (χ1n) is 8.12. The number of nitrogens with zero attached hydrogens (tertiary/aromatic N) is 2. The molecule has 1 aliphatic heterocycles. The van der Waals surface area contributed by atoms with Crippen LogP contribution in [-0.2, 0) is 0 Å². The molecule has 0 amide bonds. The van der Waals surface area contributed by atoms with E-state index in [-0.39, 0.29) is 5.54 Å². The number of likely N-dealkylation sites (N-methyl/N-ethyl adjacent to an activating group) is 1. The van der Waals surface area contributed by atoms with Crippen molar-refractivity contribution in [3.63, 3.8) is 0 Å². The smallest absolute Gasteiger partial charge is 0.122 e. The lowest BCUT2D eigenvalue weighted by molar-refractivity contribution is 0.139. The minimum atomic E-state index is -0.271. The van der Waals surface area contributed by atoms with Gasteiger partial charge in [-0.25, -0.2) is 0 Å². The molecule has 0 aromatic heterocycles. The Bertz CT molecular complexity index is 310. The third-order valence-electron chi connectivity index (χ3n) is 4.84. The van der Waals surface area contributed by atoms with Crippen LogP contribution in [0.15, 0.2) is 0 Å². The average molecular weight is 263 g/mol. The van der Waals surface area contributed by atoms with Gasteiger partial charge in [-0.1, -0.05) is 26.7 Å². The normalized spacial score (nSPS) is 24.9. The van der Waals surface area contributed by atoms with Crippen molar-refractivity contribution in [1.29, 1.82) is 5.26 Å². The van der Waals surface area contributed by atoms with E-state index in [1.165, 1.54) is 51.6 Å². The van der Waals surface area contributed by atoms with E-state index < -0.39 is 0 Å². The van der Waals surface area contributed by atoms with Gasteiger partial charge >= 0.3 is 0 Å². The van der Waals surface area contributed by atoms with Crippen LogP contribution in [0, 0.1) is 23.2 Å². The van der Waals surface area contributed by atoms with Gasteiger partial charge in [0.15, 0.2) is 0 Å². The van der Waals surface area contributed by atoms with Crippen LogP contribution in [0.4, 0.5) is 0 Å². The highest BCUT2D eigenvalue weighted by Gasteiger charge is 2.46. The molecule has 1 saturated heterocycles. The summed E-state index contributed by atoms with van der Waals surface area (Å²) in [6, 6.07) is 2.61. The summed E-state index contributed by atoms with van der Waals surface area (Å²) in [6.45, 7) is 8.60. The minimum Gasteiger partial charge on any atom is -0.300 e. The fraction of sp³-hybridized carbons (Fsp3) is 0.938. The molecular formula is C16H29N3. The maximum absolute atomic E-state index is 9.65. The molecule has 0 radical (unpaired) electrons. The second-order valence-corrected chi connectivity index (χ2v) is 6.40. The van der Waals surface area contributed by atoms with Crippen molar-refractivity contribution in [2.24, 2.45) is 11.8 Å². The van der Waals surface area contributed by atoms with E-state index in [9.17, 15) is 5.26 Å². The monoisotopic (exact) mass is 263 g/mol. The van der Waals surface area contributed by atoms with Gasteiger partial charge in [-0.2, -0.15) is 5.26 Å². The van der Waals surface area contributed by atoms with E-state index in [4.69, 9.17) is 0 Å². The second-order valence-electron chi connectivity index (χ2n) is 6.40. The van der Waals surface area contributed by atoms with Gasteiger partial charge < -0.3 is 4.90 Å².